The van der Waals surface area contributed by atoms with E-state index in [4.69, 9.17) is 4.98 Å². The second-order valence-electron chi connectivity index (χ2n) is 6.92. The lowest BCUT2D eigenvalue weighted by atomic mass is 10.1. The van der Waals surface area contributed by atoms with E-state index in [1.165, 1.54) is 5.56 Å². The maximum atomic E-state index is 12.9. The Balaban J connectivity index is 1.88. The summed E-state index contributed by atoms with van der Waals surface area (Å²) in [7, 11) is 4.10. The molecule has 0 bridgehead atoms. The Morgan fingerprint density at radius 3 is 2.74 bits per heavy atom. The fourth-order valence-corrected chi connectivity index (χ4v) is 4.74. The summed E-state index contributed by atoms with van der Waals surface area (Å²) in [5.74, 6) is -0.0180. The molecule has 0 aliphatic rings. The summed E-state index contributed by atoms with van der Waals surface area (Å²) in [5.41, 5.74) is 3.37. The van der Waals surface area contributed by atoms with E-state index >= 15 is 0 Å². The first kappa shape index (κ1) is 19.7. The molecular formula is C21H25N3OS2. The zero-order valence-corrected chi connectivity index (χ0v) is 17.9. The third-order valence-electron chi connectivity index (χ3n) is 4.24. The SMILES string of the molecule is Cc1cc(C)c2nc(N(CCCN(C)C)C(=O)C=Cc3cccs3)sc2c1. The molecule has 142 valence electrons. The highest BCUT2D eigenvalue weighted by atomic mass is 32.1. The first-order chi connectivity index (χ1) is 12.9. The van der Waals surface area contributed by atoms with Crippen molar-refractivity contribution in [2.75, 3.05) is 32.1 Å². The number of nitrogens with zero attached hydrogens (tertiary/aromatic N) is 3. The fourth-order valence-electron chi connectivity index (χ4n) is 2.95. The van der Waals surface area contributed by atoms with Gasteiger partial charge in [0.05, 0.1) is 10.2 Å². The smallest absolute Gasteiger partial charge is 0.252 e. The van der Waals surface area contributed by atoms with Gasteiger partial charge in [-0.1, -0.05) is 23.5 Å². The van der Waals surface area contributed by atoms with Gasteiger partial charge in [0.1, 0.15) is 0 Å². The van der Waals surface area contributed by atoms with Gasteiger partial charge < -0.3 is 4.90 Å². The molecular weight excluding hydrogens is 374 g/mol. The van der Waals surface area contributed by atoms with Crippen molar-refractivity contribution < 1.29 is 4.79 Å². The van der Waals surface area contributed by atoms with Crippen LogP contribution in [0.2, 0.25) is 0 Å². The quantitative estimate of drug-likeness (QED) is 0.526. The average molecular weight is 400 g/mol. The van der Waals surface area contributed by atoms with E-state index in [9.17, 15) is 4.79 Å². The van der Waals surface area contributed by atoms with Gasteiger partial charge in [-0.05, 0) is 75.6 Å². The second kappa shape index (κ2) is 8.78. The molecule has 0 N–H and O–H groups in total. The number of anilines is 1. The summed E-state index contributed by atoms with van der Waals surface area (Å²) in [6.45, 7) is 5.76. The average Bonchev–Trinajstić information content (AvgIpc) is 3.25. The van der Waals surface area contributed by atoms with Crippen molar-refractivity contribution in [3.8, 4) is 0 Å². The van der Waals surface area contributed by atoms with Crippen LogP contribution < -0.4 is 4.90 Å². The monoisotopic (exact) mass is 399 g/mol. The van der Waals surface area contributed by atoms with Crippen molar-refractivity contribution in [1.29, 1.82) is 0 Å². The van der Waals surface area contributed by atoms with Crippen LogP contribution >= 0.6 is 22.7 Å². The maximum Gasteiger partial charge on any atom is 0.252 e. The Morgan fingerprint density at radius 1 is 1.22 bits per heavy atom. The highest BCUT2D eigenvalue weighted by molar-refractivity contribution is 7.22. The topological polar surface area (TPSA) is 36.4 Å². The third kappa shape index (κ3) is 5.03. The number of rotatable bonds is 7. The van der Waals surface area contributed by atoms with Gasteiger partial charge in [0.2, 0.25) is 0 Å². The van der Waals surface area contributed by atoms with Gasteiger partial charge in [-0.15, -0.1) is 11.3 Å². The van der Waals surface area contributed by atoms with Crippen molar-refractivity contribution in [2.24, 2.45) is 0 Å². The van der Waals surface area contributed by atoms with Crippen molar-refractivity contribution in [3.05, 3.63) is 51.7 Å². The molecule has 0 atom stereocenters. The molecule has 3 aromatic rings. The normalized spacial score (nSPS) is 11.7. The number of aromatic nitrogens is 1. The predicted octanol–water partition coefficient (Wildman–Crippen LogP) is 4.97. The lowest BCUT2D eigenvalue weighted by Crippen LogP contribution is -2.32. The summed E-state index contributed by atoms with van der Waals surface area (Å²) < 4.78 is 1.13. The Kier molecular flexibility index (Phi) is 6.42. The maximum absolute atomic E-state index is 12.9. The number of thiazole rings is 1. The zero-order chi connectivity index (χ0) is 19.4. The first-order valence-electron chi connectivity index (χ1n) is 8.99. The lowest BCUT2D eigenvalue weighted by molar-refractivity contribution is -0.114. The van der Waals surface area contributed by atoms with Gasteiger partial charge in [-0.3, -0.25) is 9.69 Å². The number of amides is 1. The third-order valence-corrected chi connectivity index (χ3v) is 6.10. The fraction of sp³-hybridized carbons (Fsp3) is 0.333. The van der Waals surface area contributed by atoms with Crippen LogP contribution in [0.25, 0.3) is 16.3 Å². The van der Waals surface area contributed by atoms with Crippen molar-refractivity contribution in [3.63, 3.8) is 0 Å². The van der Waals surface area contributed by atoms with Crippen LogP contribution in [0.3, 0.4) is 0 Å². The van der Waals surface area contributed by atoms with E-state index in [0.29, 0.717) is 6.54 Å². The molecule has 4 nitrogen and oxygen atoms in total. The van der Waals surface area contributed by atoms with Crippen molar-refractivity contribution in [1.82, 2.24) is 9.88 Å². The molecule has 0 saturated carbocycles. The largest absolute Gasteiger partial charge is 0.309 e. The first-order valence-corrected chi connectivity index (χ1v) is 10.7. The van der Waals surface area contributed by atoms with E-state index in [2.05, 4.69) is 30.9 Å². The van der Waals surface area contributed by atoms with E-state index in [-0.39, 0.29) is 5.91 Å². The van der Waals surface area contributed by atoms with Gasteiger partial charge in [0.25, 0.3) is 5.91 Å². The molecule has 0 unspecified atom stereocenters. The van der Waals surface area contributed by atoms with Crippen molar-refractivity contribution >= 4 is 50.0 Å². The number of thiophene rings is 1. The minimum absolute atomic E-state index is 0.0180. The van der Waals surface area contributed by atoms with Crippen molar-refractivity contribution in [2.45, 2.75) is 20.3 Å². The zero-order valence-electron chi connectivity index (χ0n) is 16.2. The van der Waals surface area contributed by atoms with Crippen LogP contribution in [0.1, 0.15) is 22.4 Å². The second-order valence-corrected chi connectivity index (χ2v) is 8.91. The minimum Gasteiger partial charge on any atom is -0.309 e. The van der Waals surface area contributed by atoms with Gasteiger partial charge in [0.15, 0.2) is 5.13 Å². The molecule has 0 aliphatic heterocycles. The summed E-state index contributed by atoms with van der Waals surface area (Å²) in [5, 5.41) is 2.79. The molecule has 0 fully saturated rings. The molecule has 3 rings (SSSR count). The summed E-state index contributed by atoms with van der Waals surface area (Å²) >= 11 is 3.22. The van der Waals surface area contributed by atoms with Crippen LogP contribution in [0.4, 0.5) is 5.13 Å². The highest BCUT2D eigenvalue weighted by Crippen LogP contribution is 2.32. The Hall–Kier alpha value is -2.02. The van der Waals surface area contributed by atoms with Crippen LogP contribution in [-0.4, -0.2) is 43.0 Å². The summed E-state index contributed by atoms with van der Waals surface area (Å²) in [6.07, 6.45) is 4.44. The summed E-state index contributed by atoms with van der Waals surface area (Å²) in [6, 6.07) is 8.28. The van der Waals surface area contributed by atoms with Gasteiger partial charge in [-0.2, -0.15) is 0 Å². The molecule has 0 aliphatic carbocycles. The van der Waals surface area contributed by atoms with Gasteiger partial charge >= 0.3 is 0 Å². The number of fused-ring (bicyclic) bond motifs is 1. The number of carbonyl (C=O) groups excluding carboxylic acids is 1. The van der Waals surface area contributed by atoms with E-state index in [1.807, 2.05) is 42.6 Å². The van der Waals surface area contributed by atoms with E-state index in [1.54, 1.807) is 28.7 Å². The molecule has 1 amide bonds. The molecule has 0 spiro atoms. The van der Waals surface area contributed by atoms with Gasteiger partial charge in [-0.25, -0.2) is 4.98 Å². The Morgan fingerprint density at radius 2 is 2.04 bits per heavy atom. The number of carbonyl (C=O) groups is 1. The van der Waals surface area contributed by atoms with E-state index in [0.717, 1.165) is 38.8 Å². The van der Waals surface area contributed by atoms with Crippen LogP contribution in [-0.2, 0) is 4.79 Å². The predicted molar refractivity (Wildman–Crippen MR) is 118 cm³/mol. The molecule has 27 heavy (non-hydrogen) atoms. The molecule has 2 aromatic heterocycles. The Labute approximate surface area is 168 Å². The molecule has 6 heteroatoms. The van der Waals surface area contributed by atoms with Crippen LogP contribution in [0, 0.1) is 13.8 Å². The van der Waals surface area contributed by atoms with Crippen LogP contribution in [0.5, 0.6) is 0 Å². The number of hydrogen-bond donors (Lipinski definition) is 0. The van der Waals surface area contributed by atoms with Gasteiger partial charge in [0, 0.05) is 17.5 Å². The lowest BCUT2D eigenvalue weighted by Gasteiger charge is -2.19. The van der Waals surface area contributed by atoms with E-state index < -0.39 is 0 Å². The molecule has 0 radical (unpaired) electrons. The molecule has 2 heterocycles. The number of hydrogen-bond acceptors (Lipinski definition) is 5. The molecule has 0 saturated heterocycles. The number of benzene rings is 1. The van der Waals surface area contributed by atoms with Crippen LogP contribution in [0.15, 0.2) is 35.7 Å². The molecule has 1 aromatic carbocycles. The Bertz CT molecular complexity index is 942. The number of aryl methyl sites for hydroxylation is 2. The minimum atomic E-state index is -0.0180. The standard InChI is InChI=1S/C21H25N3OS2/c1-15-13-16(2)20-18(14-15)27-21(22-20)24(11-6-10-23(3)4)19(25)9-8-17-7-5-12-26-17/h5,7-9,12-14H,6,10-11H2,1-4H3. The highest BCUT2D eigenvalue weighted by Gasteiger charge is 2.18. The summed E-state index contributed by atoms with van der Waals surface area (Å²) in [4.78, 5) is 22.8.